The van der Waals surface area contributed by atoms with Gasteiger partial charge in [0.15, 0.2) is 5.78 Å². The number of amides is 1. The Morgan fingerprint density at radius 1 is 1.05 bits per heavy atom. The fourth-order valence-corrected chi connectivity index (χ4v) is 2.47. The average molecular weight is 267 g/mol. The van der Waals surface area contributed by atoms with E-state index in [4.69, 9.17) is 0 Å². The number of hydrogen-bond donors (Lipinski definition) is 2. The Morgan fingerprint density at radius 2 is 1.70 bits per heavy atom. The lowest BCUT2D eigenvalue weighted by Crippen LogP contribution is -2.32. The number of rotatable bonds is 3. The first-order valence-electron chi connectivity index (χ1n) is 6.35. The minimum absolute atomic E-state index is 0.344. The Kier molecular flexibility index (Phi) is 3.08. The number of aliphatic hydroxyl groups excluding tert-OH is 1. The van der Waals surface area contributed by atoms with Gasteiger partial charge in [-0.2, -0.15) is 0 Å². The molecule has 2 aromatic carbocycles. The molecular weight excluding hydrogens is 254 g/mol. The number of aliphatic hydroxyl groups is 1. The summed E-state index contributed by atoms with van der Waals surface area (Å²) in [4.78, 5) is 24.2. The summed E-state index contributed by atoms with van der Waals surface area (Å²) in [6, 6.07) is 15.6. The second-order valence-corrected chi connectivity index (χ2v) is 4.73. The quantitative estimate of drug-likeness (QED) is 0.835. The van der Waals surface area contributed by atoms with E-state index in [0.717, 1.165) is 0 Å². The number of ketones is 1. The first kappa shape index (κ1) is 12.6. The largest absolute Gasteiger partial charge is 0.384 e. The van der Waals surface area contributed by atoms with Crippen molar-refractivity contribution in [3.8, 4) is 0 Å². The van der Waals surface area contributed by atoms with Gasteiger partial charge in [-0.3, -0.25) is 9.59 Å². The van der Waals surface area contributed by atoms with Crippen LogP contribution in [0.15, 0.2) is 54.6 Å². The molecule has 3 rings (SSSR count). The van der Waals surface area contributed by atoms with E-state index in [1.807, 2.05) is 0 Å². The van der Waals surface area contributed by atoms with Crippen LogP contribution < -0.4 is 5.32 Å². The Bertz CT molecular complexity index is 666. The molecule has 20 heavy (non-hydrogen) atoms. The highest BCUT2D eigenvalue weighted by Crippen LogP contribution is 2.35. The topological polar surface area (TPSA) is 66.4 Å². The summed E-state index contributed by atoms with van der Waals surface area (Å²) in [5.41, 5.74) is 1.72. The highest BCUT2D eigenvalue weighted by molar-refractivity contribution is 6.09. The molecule has 0 radical (unpaired) electrons. The standard InChI is InChI=1S/C16H13NO3/c18-14(10-6-2-1-3-7-10)15(19)13-11-8-4-5-9-12(11)17-16(13)20/h1-9,13,15,19H,(H,17,20). The van der Waals surface area contributed by atoms with Gasteiger partial charge in [0.2, 0.25) is 5.91 Å². The number of nitrogens with one attached hydrogen (secondary N) is 1. The lowest BCUT2D eigenvalue weighted by molar-refractivity contribution is -0.118. The second kappa shape index (κ2) is 4.90. The maximum absolute atomic E-state index is 12.3. The summed E-state index contributed by atoms with van der Waals surface area (Å²) >= 11 is 0. The molecule has 4 heteroatoms. The number of carbonyl (C=O) groups excluding carboxylic acids is 2. The summed E-state index contributed by atoms with van der Waals surface area (Å²) < 4.78 is 0. The van der Waals surface area contributed by atoms with Crippen LogP contribution in [0, 0.1) is 0 Å². The van der Waals surface area contributed by atoms with E-state index < -0.39 is 17.8 Å². The summed E-state index contributed by atoms with van der Waals surface area (Å²) in [6.45, 7) is 0. The predicted octanol–water partition coefficient (Wildman–Crippen LogP) is 1.97. The molecule has 0 aromatic heterocycles. The van der Waals surface area contributed by atoms with Crippen molar-refractivity contribution < 1.29 is 14.7 Å². The molecule has 2 N–H and O–H groups in total. The second-order valence-electron chi connectivity index (χ2n) is 4.73. The normalized spacial score (nSPS) is 18.2. The number of fused-ring (bicyclic) bond motifs is 1. The zero-order chi connectivity index (χ0) is 14.1. The third-order valence-corrected chi connectivity index (χ3v) is 3.48. The highest BCUT2D eigenvalue weighted by Gasteiger charge is 2.39. The molecule has 0 aliphatic carbocycles. The average Bonchev–Trinajstić information content (AvgIpc) is 2.82. The minimum atomic E-state index is -1.37. The summed E-state index contributed by atoms with van der Waals surface area (Å²) in [5.74, 6) is -1.63. The van der Waals surface area contributed by atoms with Crippen molar-refractivity contribution in [3.63, 3.8) is 0 Å². The van der Waals surface area contributed by atoms with Gasteiger partial charge in [0.25, 0.3) is 0 Å². The third kappa shape index (κ3) is 2.00. The maximum Gasteiger partial charge on any atom is 0.235 e. The van der Waals surface area contributed by atoms with E-state index in [1.54, 1.807) is 54.6 Å². The molecule has 1 aliphatic heterocycles. The first-order valence-corrected chi connectivity index (χ1v) is 6.35. The number of carbonyl (C=O) groups is 2. The van der Waals surface area contributed by atoms with Crippen LogP contribution in [0.5, 0.6) is 0 Å². The van der Waals surface area contributed by atoms with Crippen LogP contribution in [0.4, 0.5) is 5.69 Å². The van der Waals surface area contributed by atoms with Crippen LogP contribution in [0.25, 0.3) is 0 Å². The van der Waals surface area contributed by atoms with Crippen molar-refractivity contribution in [3.05, 3.63) is 65.7 Å². The Balaban J connectivity index is 1.93. The lowest BCUT2D eigenvalue weighted by Gasteiger charge is -2.15. The fourth-order valence-electron chi connectivity index (χ4n) is 2.47. The number of anilines is 1. The molecule has 0 fully saturated rings. The van der Waals surface area contributed by atoms with Gasteiger partial charge in [-0.1, -0.05) is 48.5 Å². The van der Waals surface area contributed by atoms with E-state index in [2.05, 4.69) is 5.32 Å². The monoisotopic (exact) mass is 267 g/mol. The molecule has 1 heterocycles. The number of Topliss-reactive ketones (excluding diaryl/α,β-unsaturated/α-hetero) is 1. The van der Waals surface area contributed by atoms with Crippen LogP contribution in [0.2, 0.25) is 0 Å². The molecular formula is C16H13NO3. The highest BCUT2D eigenvalue weighted by atomic mass is 16.3. The van der Waals surface area contributed by atoms with Crippen molar-refractivity contribution in [1.29, 1.82) is 0 Å². The molecule has 2 aromatic rings. The summed E-state index contributed by atoms with van der Waals surface area (Å²) in [5, 5.41) is 13.0. The molecule has 0 bridgehead atoms. The van der Waals surface area contributed by atoms with Crippen molar-refractivity contribution in [1.82, 2.24) is 0 Å². The van der Waals surface area contributed by atoms with E-state index in [9.17, 15) is 14.7 Å². The van der Waals surface area contributed by atoms with Crippen LogP contribution in [0.1, 0.15) is 21.8 Å². The smallest absolute Gasteiger partial charge is 0.235 e. The zero-order valence-electron chi connectivity index (χ0n) is 10.6. The molecule has 0 saturated heterocycles. The first-order chi connectivity index (χ1) is 9.68. The predicted molar refractivity (Wildman–Crippen MR) is 74.6 cm³/mol. The molecule has 2 unspecified atom stereocenters. The van der Waals surface area contributed by atoms with Crippen molar-refractivity contribution in [2.75, 3.05) is 5.32 Å². The Morgan fingerprint density at radius 3 is 2.45 bits per heavy atom. The SMILES string of the molecule is O=C(c1ccccc1)C(O)C1C(=O)Nc2ccccc21. The molecule has 0 saturated carbocycles. The van der Waals surface area contributed by atoms with Gasteiger partial charge in [0.05, 0.1) is 5.92 Å². The molecule has 4 nitrogen and oxygen atoms in total. The van der Waals surface area contributed by atoms with Crippen LogP contribution >= 0.6 is 0 Å². The van der Waals surface area contributed by atoms with Crippen LogP contribution in [0.3, 0.4) is 0 Å². The molecule has 1 amide bonds. The Labute approximate surface area is 116 Å². The van der Waals surface area contributed by atoms with Crippen molar-refractivity contribution >= 4 is 17.4 Å². The minimum Gasteiger partial charge on any atom is -0.384 e. The lowest BCUT2D eigenvalue weighted by atomic mass is 9.90. The van der Waals surface area contributed by atoms with Crippen molar-refractivity contribution in [2.45, 2.75) is 12.0 Å². The van der Waals surface area contributed by atoms with Gasteiger partial charge in [-0.25, -0.2) is 0 Å². The zero-order valence-corrected chi connectivity index (χ0v) is 10.6. The number of hydrogen-bond acceptors (Lipinski definition) is 3. The van der Waals surface area contributed by atoms with Gasteiger partial charge in [-0.05, 0) is 11.6 Å². The van der Waals surface area contributed by atoms with E-state index in [1.165, 1.54) is 0 Å². The Hall–Kier alpha value is -2.46. The van der Waals surface area contributed by atoms with Crippen LogP contribution in [-0.2, 0) is 4.79 Å². The van der Waals surface area contributed by atoms with Crippen LogP contribution in [-0.4, -0.2) is 22.9 Å². The van der Waals surface area contributed by atoms with Gasteiger partial charge in [0, 0.05) is 11.3 Å². The van der Waals surface area contributed by atoms with E-state index in [0.29, 0.717) is 16.8 Å². The van der Waals surface area contributed by atoms with E-state index >= 15 is 0 Å². The van der Waals surface area contributed by atoms with Gasteiger partial charge in [-0.15, -0.1) is 0 Å². The van der Waals surface area contributed by atoms with Gasteiger partial charge in [0.1, 0.15) is 6.10 Å². The van der Waals surface area contributed by atoms with Gasteiger partial charge >= 0.3 is 0 Å². The van der Waals surface area contributed by atoms with Crippen molar-refractivity contribution in [2.24, 2.45) is 0 Å². The molecule has 2 atom stereocenters. The fraction of sp³-hybridized carbons (Fsp3) is 0.125. The number of benzene rings is 2. The van der Waals surface area contributed by atoms with Gasteiger partial charge < -0.3 is 10.4 Å². The van der Waals surface area contributed by atoms with E-state index in [-0.39, 0.29) is 5.91 Å². The molecule has 100 valence electrons. The maximum atomic E-state index is 12.3. The molecule has 1 aliphatic rings. The summed E-state index contributed by atoms with van der Waals surface area (Å²) in [7, 11) is 0. The number of para-hydroxylation sites is 1. The summed E-state index contributed by atoms with van der Waals surface area (Å²) in [6.07, 6.45) is -1.37. The molecule has 0 spiro atoms. The third-order valence-electron chi connectivity index (χ3n) is 3.48.